The lowest BCUT2D eigenvalue weighted by molar-refractivity contribution is -0.140. The van der Waals surface area contributed by atoms with E-state index in [-0.39, 0.29) is 42.8 Å². The van der Waals surface area contributed by atoms with Gasteiger partial charge in [-0.3, -0.25) is 14.4 Å². The first kappa shape index (κ1) is 27.7. The van der Waals surface area contributed by atoms with Gasteiger partial charge in [-0.25, -0.2) is 4.79 Å². The fraction of sp³-hybridized carbons (Fsp3) is 0.760. The van der Waals surface area contributed by atoms with Crippen LogP contribution in [0.1, 0.15) is 65.7 Å². The monoisotopic (exact) mass is 479 g/mol. The van der Waals surface area contributed by atoms with Crippen LogP contribution in [0.15, 0.2) is 12.2 Å². The van der Waals surface area contributed by atoms with Crippen LogP contribution in [0.25, 0.3) is 0 Å². The maximum absolute atomic E-state index is 13.0. The average Bonchev–Trinajstić information content (AvgIpc) is 2.76. The van der Waals surface area contributed by atoms with E-state index < -0.39 is 5.60 Å². The Morgan fingerprint density at radius 1 is 1.00 bits per heavy atom. The Morgan fingerprint density at radius 3 is 2.35 bits per heavy atom. The minimum atomic E-state index is -0.502. The molecule has 0 bridgehead atoms. The first-order valence-corrected chi connectivity index (χ1v) is 12.3. The number of hydrogen-bond donors (Lipinski definition) is 1. The molecule has 2 aliphatic rings. The summed E-state index contributed by atoms with van der Waals surface area (Å²) in [5.74, 6) is -0.392. The molecule has 1 saturated heterocycles. The highest BCUT2D eigenvalue weighted by Crippen LogP contribution is 2.24. The summed E-state index contributed by atoms with van der Waals surface area (Å²) in [5, 5.41) is 2.78. The molecule has 1 unspecified atom stereocenters. The SMILES string of the molecule is COC(=O)CCNC(=O)C1C/C=C\CCN(C(=O)CCC2CCN(C(=O)OC(C)(C)C)CC2)C1. The summed E-state index contributed by atoms with van der Waals surface area (Å²) < 4.78 is 10.0. The molecule has 1 fully saturated rings. The number of nitrogens with zero attached hydrogens (tertiary/aromatic N) is 2. The lowest BCUT2D eigenvalue weighted by Gasteiger charge is -2.34. The van der Waals surface area contributed by atoms with Crippen molar-refractivity contribution in [1.82, 2.24) is 15.1 Å². The van der Waals surface area contributed by atoms with E-state index in [9.17, 15) is 19.2 Å². The van der Waals surface area contributed by atoms with Crippen LogP contribution >= 0.6 is 0 Å². The Hall–Kier alpha value is -2.58. The number of nitrogens with one attached hydrogen (secondary N) is 1. The summed E-state index contributed by atoms with van der Waals surface area (Å²) in [6, 6.07) is 0. The van der Waals surface area contributed by atoms with E-state index in [4.69, 9.17) is 4.74 Å². The fourth-order valence-corrected chi connectivity index (χ4v) is 4.21. The molecule has 2 rings (SSSR count). The van der Waals surface area contributed by atoms with Gasteiger partial charge in [0.2, 0.25) is 11.8 Å². The molecule has 34 heavy (non-hydrogen) atoms. The third kappa shape index (κ3) is 9.73. The van der Waals surface area contributed by atoms with Crippen molar-refractivity contribution in [3.05, 3.63) is 12.2 Å². The quantitative estimate of drug-likeness (QED) is 0.445. The largest absolute Gasteiger partial charge is 0.469 e. The molecular formula is C25H41N3O6. The molecule has 0 aromatic rings. The zero-order valence-electron chi connectivity index (χ0n) is 21.1. The lowest BCUT2D eigenvalue weighted by atomic mass is 9.92. The number of likely N-dealkylation sites (tertiary alicyclic amines) is 1. The van der Waals surface area contributed by atoms with E-state index >= 15 is 0 Å². The van der Waals surface area contributed by atoms with Crippen LogP contribution in [0, 0.1) is 11.8 Å². The maximum Gasteiger partial charge on any atom is 0.410 e. The van der Waals surface area contributed by atoms with E-state index in [1.54, 1.807) is 9.80 Å². The van der Waals surface area contributed by atoms with Crippen LogP contribution in [0.3, 0.4) is 0 Å². The van der Waals surface area contributed by atoms with Gasteiger partial charge in [0.1, 0.15) is 5.60 Å². The zero-order chi connectivity index (χ0) is 25.1. The van der Waals surface area contributed by atoms with Gasteiger partial charge in [-0.15, -0.1) is 0 Å². The van der Waals surface area contributed by atoms with E-state index in [0.29, 0.717) is 44.9 Å². The third-order valence-electron chi connectivity index (χ3n) is 6.21. The van der Waals surface area contributed by atoms with Gasteiger partial charge in [-0.2, -0.15) is 0 Å². The van der Waals surface area contributed by atoms with Crippen LogP contribution in [0.2, 0.25) is 0 Å². The highest BCUT2D eigenvalue weighted by molar-refractivity contribution is 5.81. The van der Waals surface area contributed by atoms with Crippen molar-refractivity contribution in [3.63, 3.8) is 0 Å². The normalized spacial score (nSPS) is 20.6. The van der Waals surface area contributed by atoms with E-state index in [1.165, 1.54) is 7.11 Å². The predicted octanol–water partition coefficient (Wildman–Crippen LogP) is 2.89. The number of allylic oxidation sites excluding steroid dienone is 1. The Balaban J connectivity index is 1.78. The number of rotatable bonds is 7. The molecule has 192 valence electrons. The molecule has 1 atom stereocenters. The van der Waals surface area contributed by atoms with Crippen molar-refractivity contribution >= 4 is 23.9 Å². The van der Waals surface area contributed by atoms with Gasteiger partial charge in [0.05, 0.1) is 19.4 Å². The first-order valence-electron chi connectivity index (χ1n) is 12.3. The molecule has 0 radical (unpaired) electrons. The molecule has 2 heterocycles. The number of piperidine rings is 1. The third-order valence-corrected chi connectivity index (χ3v) is 6.21. The molecule has 0 saturated carbocycles. The minimum absolute atomic E-state index is 0.0669. The standard InChI is InChI=1S/C25H41N3O6/c1-25(2,3)34-24(32)27-16-12-19(13-17-27)9-10-21(29)28-15-7-5-6-8-20(18-28)23(31)26-14-11-22(30)33-4/h5-6,19-20H,7-18H2,1-4H3,(H,26,31)/b6-5-. The van der Waals surface area contributed by atoms with Crippen molar-refractivity contribution < 1.29 is 28.7 Å². The molecular weight excluding hydrogens is 438 g/mol. The molecule has 2 aliphatic heterocycles. The molecule has 9 nitrogen and oxygen atoms in total. The van der Waals surface area contributed by atoms with Crippen molar-refractivity contribution in [2.24, 2.45) is 11.8 Å². The predicted molar refractivity (Wildman–Crippen MR) is 128 cm³/mol. The van der Waals surface area contributed by atoms with Gasteiger partial charge < -0.3 is 24.6 Å². The second kappa shape index (κ2) is 13.3. The van der Waals surface area contributed by atoms with Crippen LogP contribution in [0.4, 0.5) is 4.79 Å². The van der Waals surface area contributed by atoms with Gasteiger partial charge in [0.15, 0.2) is 0 Å². The van der Waals surface area contributed by atoms with Gasteiger partial charge in [-0.05, 0) is 58.8 Å². The van der Waals surface area contributed by atoms with Crippen LogP contribution < -0.4 is 5.32 Å². The number of carbonyl (C=O) groups excluding carboxylic acids is 4. The number of esters is 1. The Labute approximate surface area is 203 Å². The number of ether oxygens (including phenoxy) is 2. The number of methoxy groups -OCH3 is 1. The van der Waals surface area contributed by atoms with E-state index in [0.717, 1.165) is 25.7 Å². The molecule has 3 amide bonds. The Kier molecular flexibility index (Phi) is 10.9. The minimum Gasteiger partial charge on any atom is -0.469 e. The van der Waals surface area contributed by atoms with E-state index in [2.05, 4.69) is 10.1 Å². The van der Waals surface area contributed by atoms with Crippen molar-refractivity contribution in [2.45, 2.75) is 71.3 Å². The maximum atomic E-state index is 13.0. The highest BCUT2D eigenvalue weighted by Gasteiger charge is 2.28. The summed E-state index contributed by atoms with van der Waals surface area (Å²) in [6.07, 6.45) is 8.15. The molecule has 0 aromatic carbocycles. The van der Waals surface area contributed by atoms with Crippen LogP contribution in [0.5, 0.6) is 0 Å². The van der Waals surface area contributed by atoms with E-state index in [1.807, 2.05) is 32.9 Å². The summed E-state index contributed by atoms with van der Waals surface area (Å²) in [5.41, 5.74) is -0.502. The lowest BCUT2D eigenvalue weighted by Crippen LogP contribution is -2.43. The van der Waals surface area contributed by atoms with Crippen LogP contribution in [-0.4, -0.2) is 79.1 Å². The summed E-state index contributed by atoms with van der Waals surface area (Å²) >= 11 is 0. The molecule has 0 spiro atoms. The molecule has 1 N–H and O–H groups in total. The smallest absolute Gasteiger partial charge is 0.410 e. The van der Waals surface area contributed by atoms with Crippen molar-refractivity contribution in [3.8, 4) is 0 Å². The second-order valence-electron chi connectivity index (χ2n) is 10.1. The summed E-state index contributed by atoms with van der Waals surface area (Å²) in [4.78, 5) is 52.6. The zero-order valence-corrected chi connectivity index (χ0v) is 21.1. The molecule has 0 aliphatic carbocycles. The number of carbonyl (C=O) groups is 4. The van der Waals surface area contributed by atoms with Gasteiger partial charge >= 0.3 is 12.1 Å². The van der Waals surface area contributed by atoms with Crippen molar-refractivity contribution in [2.75, 3.05) is 39.8 Å². The summed E-state index contributed by atoms with van der Waals surface area (Å²) in [7, 11) is 1.32. The Bertz CT molecular complexity index is 737. The van der Waals surface area contributed by atoms with Gasteiger partial charge in [0, 0.05) is 39.1 Å². The fourth-order valence-electron chi connectivity index (χ4n) is 4.21. The van der Waals surface area contributed by atoms with Gasteiger partial charge in [0.25, 0.3) is 0 Å². The summed E-state index contributed by atoms with van der Waals surface area (Å²) in [6.45, 7) is 8.08. The number of amides is 3. The highest BCUT2D eigenvalue weighted by atomic mass is 16.6. The topological polar surface area (TPSA) is 105 Å². The molecule has 9 heteroatoms. The van der Waals surface area contributed by atoms with Gasteiger partial charge in [-0.1, -0.05) is 12.2 Å². The number of hydrogen-bond acceptors (Lipinski definition) is 6. The second-order valence-corrected chi connectivity index (χ2v) is 10.1. The van der Waals surface area contributed by atoms with Crippen molar-refractivity contribution in [1.29, 1.82) is 0 Å². The van der Waals surface area contributed by atoms with Crippen LogP contribution in [-0.2, 0) is 23.9 Å². The first-order chi connectivity index (χ1) is 16.1. The Morgan fingerprint density at radius 2 is 1.71 bits per heavy atom. The average molecular weight is 480 g/mol. The molecule has 0 aromatic heterocycles.